The van der Waals surface area contributed by atoms with Crippen LogP contribution in [0.15, 0.2) is 23.8 Å². The van der Waals surface area contributed by atoms with Crippen molar-refractivity contribution in [1.29, 1.82) is 0 Å². The number of hydrogen-bond donors (Lipinski definition) is 0. The van der Waals surface area contributed by atoms with Gasteiger partial charge in [0.1, 0.15) is 6.20 Å². The average Bonchev–Trinajstić information content (AvgIpc) is 2.59. The fourth-order valence-electron chi connectivity index (χ4n) is 0.674. The Morgan fingerprint density at radius 3 is 3.20 bits per heavy atom. The van der Waals surface area contributed by atoms with E-state index in [9.17, 15) is 0 Å². The molecule has 10 heavy (non-hydrogen) atoms. The van der Waals surface area contributed by atoms with Crippen LogP contribution in [0.3, 0.4) is 0 Å². The van der Waals surface area contributed by atoms with Gasteiger partial charge in [0.2, 0.25) is 5.13 Å². The minimum Gasteiger partial charge on any atom is -0.217 e. The lowest BCUT2D eigenvalue weighted by Crippen LogP contribution is -1.91. The Labute approximate surface area is 62.0 Å². The van der Waals surface area contributed by atoms with Gasteiger partial charge >= 0.3 is 0 Å². The van der Waals surface area contributed by atoms with Crippen molar-refractivity contribution < 1.29 is 0 Å². The summed E-state index contributed by atoms with van der Waals surface area (Å²) in [6, 6.07) is 1.86. The van der Waals surface area contributed by atoms with Gasteiger partial charge in [-0.3, -0.25) is 0 Å². The Bertz CT molecular complexity index is 252. The van der Waals surface area contributed by atoms with Gasteiger partial charge in [0, 0.05) is 17.8 Å². The number of aromatic nitrogens is 3. The number of hydrogen-bond acceptors (Lipinski definition) is 3. The maximum Gasteiger partial charge on any atom is 0.210 e. The first-order chi connectivity index (χ1) is 4.97. The molecule has 0 aliphatic heterocycles. The highest BCUT2D eigenvalue weighted by molar-refractivity contribution is 7.12. The van der Waals surface area contributed by atoms with Crippen molar-refractivity contribution in [3.05, 3.63) is 30.0 Å². The maximum atomic E-state index is 4.00. The van der Waals surface area contributed by atoms with Crippen LogP contribution in [-0.2, 0) is 0 Å². The Morgan fingerprint density at radius 2 is 2.60 bits per heavy atom. The molecule has 4 heteroatoms. The van der Waals surface area contributed by atoms with E-state index >= 15 is 0 Å². The molecule has 0 bridgehead atoms. The zero-order chi connectivity index (χ0) is 6.81. The van der Waals surface area contributed by atoms with Gasteiger partial charge in [-0.25, -0.2) is 9.67 Å². The van der Waals surface area contributed by atoms with Gasteiger partial charge in [0.15, 0.2) is 0 Å². The Hall–Kier alpha value is -1.16. The third kappa shape index (κ3) is 0.823. The van der Waals surface area contributed by atoms with Crippen molar-refractivity contribution in [3.63, 3.8) is 0 Å². The van der Waals surface area contributed by atoms with Crippen LogP contribution in [0.25, 0.3) is 5.13 Å². The fraction of sp³-hybridized carbons (Fsp3) is 0. The summed E-state index contributed by atoms with van der Waals surface area (Å²) in [7, 11) is 0. The largest absolute Gasteiger partial charge is 0.217 e. The highest BCUT2D eigenvalue weighted by atomic mass is 32.1. The van der Waals surface area contributed by atoms with Gasteiger partial charge < -0.3 is 0 Å². The molecule has 0 aliphatic carbocycles. The zero-order valence-electron chi connectivity index (χ0n) is 5.06. The predicted octanol–water partition coefficient (Wildman–Crippen LogP) is 1.13. The van der Waals surface area contributed by atoms with E-state index in [1.807, 2.05) is 12.3 Å². The molecular weight excluding hydrogens is 146 g/mol. The van der Waals surface area contributed by atoms with Crippen molar-refractivity contribution in [2.24, 2.45) is 0 Å². The first kappa shape index (κ1) is 5.61. The summed E-state index contributed by atoms with van der Waals surface area (Å²) < 4.78 is 1.71. The molecule has 2 aromatic rings. The molecule has 1 radical (unpaired) electrons. The molecular formula is C6H4N3S. The summed E-state index contributed by atoms with van der Waals surface area (Å²) in [5, 5.41) is 6.66. The standard InChI is InChI=1S/C6H4N3S/c1-2-8-9(4-1)6-7-3-5-10-6/h1-2,4-5H. The molecule has 0 aromatic carbocycles. The van der Waals surface area contributed by atoms with Crippen molar-refractivity contribution in [1.82, 2.24) is 14.8 Å². The summed E-state index contributed by atoms with van der Waals surface area (Å²) in [5.41, 5.74) is 0. The smallest absolute Gasteiger partial charge is 0.210 e. The Morgan fingerprint density at radius 1 is 1.60 bits per heavy atom. The minimum atomic E-state index is 0.852. The van der Waals surface area contributed by atoms with Crippen LogP contribution in [0.5, 0.6) is 0 Å². The lowest BCUT2D eigenvalue weighted by molar-refractivity contribution is 0.869. The first-order valence-corrected chi connectivity index (χ1v) is 3.66. The van der Waals surface area contributed by atoms with Crippen molar-refractivity contribution in [2.45, 2.75) is 0 Å². The fourth-order valence-corrected chi connectivity index (χ4v) is 1.21. The highest BCUT2D eigenvalue weighted by Crippen LogP contribution is 2.07. The number of nitrogens with zero attached hydrogens (tertiary/aromatic N) is 3. The minimum absolute atomic E-state index is 0.852. The number of rotatable bonds is 1. The molecule has 0 aliphatic rings. The van der Waals surface area contributed by atoms with E-state index < -0.39 is 0 Å². The van der Waals surface area contributed by atoms with E-state index in [-0.39, 0.29) is 0 Å². The Kier molecular flexibility index (Phi) is 1.25. The first-order valence-electron chi connectivity index (χ1n) is 2.78. The summed E-state index contributed by atoms with van der Waals surface area (Å²) in [5.74, 6) is 0. The second kappa shape index (κ2) is 2.22. The second-order valence-electron chi connectivity index (χ2n) is 1.71. The van der Waals surface area contributed by atoms with E-state index in [2.05, 4.69) is 16.3 Å². The zero-order valence-corrected chi connectivity index (χ0v) is 5.88. The van der Waals surface area contributed by atoms with Crippen LogP contribution in [0.1, 0.15) is 0 Å². The van der Waals surface area contributed by atoms with Crippen LogP contribution in [0, 0.1) is 6.20 Å². The molecule has 0 amide bonds. The highest BCUT2D eigenvalue weighted by Gasteiger charge is 1.95. The van der Waals surface area contributed by atoms with Crippen LogP contribution >= 0.6 is 11.3 Å². The maximum absolute atomic E-state index is 4.00. The number of thiazole rings is 1. The van der Waals surface area contributed by atoms with E-state index in [4.69, 9.17) is 0 Å². The lowest BCUT2D eigenvalue weighted by Gasteiger charge is -1.89. The lowest BCUT2D eigenvalue weighted by atomic mass is 10.8. The van der Waals surface area contributed by atoms with Crippen LogP contribution in [0.4, 0.5) is 0 Å². The quantitative estimate of drug-likeness (QED) is 0.610. The molecule has 0 saturated carbocycles. The molecule has 3 nitrogen and oxygen atoms in total. The summed E-state index contributed by atoms with van der Waals surface area (Å²) in [6.45, 7) is 0. The predicted molar refractivity (Wildman–Crippen MR) is 38.1 cm³/mol. The summed E-state index contributed by atoms with van der Waals surface area (Å²) in [4.78, 5) is 3.95. The van der Waals surface area contributed by atoms with Gasteiger partial charge in [0.05, 0.1) is 0 Å². The van der Waals surface area contributed by atoms with Crippen LogP contribution in [0.2, 0.25) is 0 Å². The van der Waals surface area contributed by atoms with Gasteiger partial charge in [-0.05, 0) is 6.07 Å². The third-order valence-electron chi connectivity index (χ3n) is 1.08. The van der Waals surface area contributed by atoms with Crippen LogP contribution in [-0.4, -0.2) is 14.8 Å². The van der Waals surface area contributed by atoms with Gasteiger partial charge in [-0.15, -0.1) is 11.3 Å². The van der Waals surface area contributed by atoms with Crippen LogP contribution < -0.4 is 0 Å². The second-order valence-corrected chi connectivity index (χ2v) is 2.55. The summed E-state index contributed by atoms with van der Waals surface area (Å²) >= 11 is 1.51. The molecule has 0 fully saturated rings. The van der Waals surface area contributed by atoms with Gasteiger partial charge in [-0.1, -0.05) is 0 Å². The molecule has 49 valence electrons. The van der Waals surface area contributed by atoms with Gasteiger partial charge in [0.25, 0.3) is 0 Å². The molecule has 0 N–H and O–H groups in total. The SMILES string of the molecule is [c]1csc(-n2cccn2)n1. The molecule has 0 unspecified atom stereocenters. The summed E-state index contributed by atoms with van der Waals surface area (Å²) in [6.07, 6.45) is 6.30. The van der Waals surface area contributed by atoms with E-state index in [0.717, 1.165) is 5.13 Å². The monoisotopic (exact) mass is 150 g/mol. The molecule has 0 atom stereocenters. The average molecular weight is 150 g/mol. The molecule has 0 saturated heterocycles. The topological polar surface area (TPSA) is 30.7 Å². The van der Waals surface area contributed by atoms with E-state index in [1.165, 1.54) is 11.3 Å². The van der Waals surface area contributed by atoms with E-state index in [1.54, 1.807) is 16.3 Å². The van der Waals surface area contributed by atoms with Crippen molar-refractivity contribution >= 4 is 11.3 Å². The van der Waals surface area contributed by atoms with Crippen molar-refractivity contribution in [3.8, 4) is 5.13 Å². The molecule has 2 heterocycles. The molecule has 2 rings (SSSR count). The normalized spacial score (nSPS) is 10.0. The van der Waals surface area contributed by atoms with Crippen molar-refractivity contribution in [2.75, 3.05) is 0 Å². The van der Waals surface area contributed by atoms with Gasteiger partial charge in [-0.2, -0.15) is 5.10 Å². The Balaban J connectivity index is 2.48. The third-order valence-corrected chi connectivity index (χ3v) is 1.79. The molecule has 2 aromatic heterocycles. The van der Waals surface area contributed by atoms with E-state index in [0.29, 0.717) is 0 Å². The molecule has 0 spiro atoms.